The minimum atomic E-state index is -0.177. The lowest BCUT2D eigenvalue weighted by Crippen LogP contribution is -2.40. The molecule has 1 fully saturated rings. The van der Waals surface area contributed by atoms with E-state index in [1.54, 1.807) is 14.2 Å². The third-order valence-corrected chi connectivity index (χ3v) is 3.79. The first-order valence-corrected chi connectivity index (χ1v) is 6.71. The van der Waals surface area contributed by atoms with E-state index in [0.29, 0.717) is 6.54 Å². The van der Waals surface area contributed by atoms with Crippen LogP contribution in [0.4, 0.5) is 0 Å². The average molecular weight is 316 g/mol. The molecule has 2 unspecified atom stereocenters. The quantitative estimate of drug-likeness (QED) is 0.861. The summed E-state index contributed by atoms with van der Waals surface area (Å²) in [5, 5.41) is 3.24. The summed E-state index contributed by atoms with van der Waals surface area (Å²) < 4.78 is 15.5. The lowest BCUT2D eigenvalue weighted by Gasteiger charge is -2.30. The van der Waals surface area contributed by atoms with Gasteiger partial charge in [0, 0.05) is 12.6 Å². The van der Waals surface area contributed by atoms with Crippen LogP contribution in [0.5, 0.6) is 11.5 Å². The first-order chi connectivity index (χ1) is 9.69. The van der Waals surface area contributed by atoms with E-state index in [1.807, 2.05) is 18.2 Å². The number of hydrogen-bond donors (Lipinski definition) is 1. The molecule has 0 saturated carbocycles. The fraction of sp³-hybridized carbons (Fsp3) is 0.533. The van der Waals surface area contributed by atoms with E-state index in [2.05, 4.69) is 5.32 Å². The Kier molecular flexibility index (Phi) is 6.78. The number of piperidine rings is 1. The van der Waals surface area contributed by atoms with Crippen LogP contribution in [0.15, 0.2) is 18.2 Å². The molecule has 2 rings (SSSR count). The number of carbonyl (C=O) groups is 1. The Balaban J connectivity index is 0.00000220. The number of nitrogens with one attached hydrogen (secondary N) is 1. The van der Waals surface area contributed by atoms with Gasteiger partial charge < -0.3 is 19.5 Å². The Morgan fingerprint density at radius 2 is 1.76 bits per heavy atom. The second kappa shape index (κ2) is 8.10. The van der Waals surface area contributed by atoms with Crippen LogP contribution < -0.4 is 14.8 Å². The van der Waals surface area contributed by atoms with Gasteiger partial charge >= 0.3 is 5.97 Å². The number of methoxy groups -OCH3 is 3. The molecule has 0 aromatic heterocycles. The maximum absolute atomic E-state index is 11.9. The van der Waals surface area contributed by atoms with Crippen LogP contribution in [0.2, 0.25) is 0 Å². The molecule has 2 atom stereocenters. The fourth-order valence-electron chi connectivity index (χ4n) is 2.70. The molecule has 1 aliphatic heterocycles. The third-order valence-electron chi connectivity index (χ3n) is 3.79. The molecule has 1 aliphatic rings. The molecular weight excluding hydrogens is 294 g/mol. The molecule has 21 heavy (non-hydrogen) atoms. The Hall–Kier alpha value is -1.46. The monoisotopic (exact) mass is 315 g/mol. The highest BCUT2D eigenvalue weighted by Gasteiger charge is 2.33. The summed E-state index contributed by atoms with van der Waals surface area (Å²) in [5.74, 6) is 1.24. The fourth-order valence-corrected chi connectivity index (χ4v) is 2.70. The van der Waals surface area contributed by atoms with Crippen molar-refractivity contribution in [3.8, 4) is 11.5 Å². The van der Waals surface area contributed by atoms with Gasteiger partial charge in [-0.2, -0.15) is 0 Å². The first-order valence-electron chi connectivity index (χ1n) is 6.71. The normalized spacial score (nSPS) is 21.1. The standard InChI is InChI=1S/C15H21NO4.ClH/c1-18-11-6-10(7-12(8-11)19-2)13-4-5-16-9-14(13)15(17)20-3;/h6-8,13-14,16H,4-5,9H2,1-3H3;1H. The van der Waals surface area contributed by atoms with Crippen molar-refractivity contribution in [1.82, 2.24) is 5.32 Å². The molecule has 0 bridgehead atoms. The van der Waals surface area contributed by atoms with E-state index in [1.165, 1.54) is 7.11 Å². The molecule has 1 saturated heterocycles. The molecule has 118 valence electrons. The van der Waals surface area contributed by atoms with E-state index in [4.69, 9.17) is 14.2 Å². The van der Waals surface area contributed by atoms with Crippen molar-refractivity contribution in [1.29, 1.82) is 0 Å². The van der Waals surface area contributed by atoms with Gasteiger partial charge in [0.25, 0.3) is 0 Å². The molecule has 0 spiro atoms. The topological polar surface area (TPSA) is 56.8 Å². The number of esters is 1. The number of hydrogen-bond acceptors (Lipinski definition) is 5. The van der Waals surface area contributed by atoms with Gasteiger partial charge in [-0.15, -0.1) is 12.4 Å². The van der Waals surface area contributed by atoms with E-state index in [0.717, 1.165) is 30.0 Å². The zero-order valence-corrected chi connectivity index (χ0v) is 13.4. The van der Waals surface area contributed by atoms with Crippen molar-refractivity contribution >= 4 is 18.4 Å². The second-order valence-corrected chi connectivity index (χ2v) is 4.87. The van der Waals surface area contributed by atoms with Gasteiger partial charge in [-0.25, -0.2) is 0 Å². The van der Waals surface area contributed by atoms with Crippen LogP contribution in [0.1, 0.15) is 17.9 Å². The lowest BCUT2D eigenvalue weighted by atomic mass is 9.81. The summed E-state index contributed by atoms with van der Waals surface area (Å²) in [5.41, 5.74) is 1.05. The zero-order valence-electron chi connectivity index (χ0n) is 12.5. The molecule has 1 heterocycles. The molecule has 1 N–H and O–H groups in total. The lowest BCUT2D eigenvalue weighted by molar-refractivity contribution is -0.146. The molecule has 6 heteroatoms. The van der Waals surface area contributed by atoms with Gasteiger partial charge in [-0.05, 0) is 36.6 Å². The molecule has 0 aliphatic carbocycles. The van der Waals surface area contributed by atoms with Gasteiger partial charge in [-0.1, -0.05) is 0 Å². The van der Waals surface area contributed by atoms with E-state index >= 15 is 0 Å². The number of ether oxygens (including phenoxy) is 3. The van der Waals surface area contributed by atoms with Gasteiger partial charge in [0.05, 0.1) is 27.2 Å². The second-order valence-electron chi connectivity index (χ2n) is 4.87. The maximum Gasteiger partial charge on any atom is 0.310 e. The van der Waals surface area contributed by atoms with E-state index < -0.39 is 0 Å². The van der Waals surface area contributed by atoms with E-state index in [-0.39, 0.29) is 30.2 Å². The van der Waals surface area contributed by atoms with Crippen molar-refractivity contribution in [3.05, 3.63) is 23.8 Å². The van der Waals surface area contributed by atoms with Crippen LogP contribution >= 0.6 is 12.4 Å². The highest BCUT2D eigenvalue weighted by Crippen LogP contribution is 2.35. The van der Waals surface area contributed by atoms with Gasteiger partial charge in [0.2, 0.25) is 0 Å². The predicted molar refractivity (Wildman–Crippen MR) is 82.5 cm³/mol. The number of halogens is 1. The zero-order chi connectivity index (χ0) is 14.5. The van der Waals surface area contributed by atoms with Crippen molar-refractivity contribution in [2.45, 2.75) is 12.3 Å². The highest BCUT2D eigenvalue weighted by molar-refractivity contribution is 5.85. The molecule has 1 aromatic rings. The van der Waals surface area contributed by atoms with Crippen molar-refractivity contribution < 1.29 is 19.0 Å². The van der Waals surface area contributed by atoms with E-state index in [9.17, 15) is 4.79 Å². The Bertz CT molecular complexity index is 458. The largest absolute Gasteiger partial charge is 0.497 e. The van der Waals surface area contributed by atoms with Crippen LogP contribution in [0.3, 0.4) is 0 Å². The number of carbonyl (C=O) groups excluding carboxylic acids is 1. The molecule has 0 radical (unpaired) electrons. The summed E-state index contributed by atoms with van der Waals surface area (Å²) in [4.78, 5) is 11.9. The van der Waals surface area contributed by atoms with Crippen molar-refractivity contribution in [2.75, 3.05) is 34.4 Å². The molecule has 1 aromatic carbocycles. The molecule has 5 nitrogen and oxygen atoms in total. The highest BCUT2D eigenvalue weighted by atomic mass is 35.5. The molecule has 0 amide bonds. The first kappa shape index (κ1) is 17.6. The summed E-state index contributed by atoms with van der Waals surface area (Å²) >= 11 is 0. The smallest absolute Gasteiger partial charge is 0.310 e. The number of benzene rings is 1. The summed E-state index contributed by atoms with van der Waals surface area (Å²) in [6.45, 7) is 1.52. The van der Waals surface area contributed by atoms with Crippen molar-refractivity contribution in [3.63, 3.8) is 0 Å². The summed E-state index contributed by atoms with van der Waals surface area (Å²) in [7, 11) is 4.68. The SMILES string of the molecule is COC(=O)C1CNCCC1c1cc(OC)cc(OC)c1.Cl. The summed E-state index contributed by atoms with van der Waals surface area (Å²) in [6, 6.07) is 5.76. The van der Waals surface area contributed by atoms with Crippen LogP contribution in [0.25, 0.3) is 0 Å². The average Bonchev–Trinajstić information content (AvgIpc) is 2.53. The maximum atomic E-state index is 11.9. The Morgan fingerprint density at radius 3 is 2.29 bits per heavy atom. The van der Waals surface area contributed by atoms with Crippen LogP contribution in [0, 0.1) is 5.92 Å². The Labute approximate surface area is 131 Å². The van der Waals surface area contributed by atoms with Gasteiger partial charge in [0.15, 0.2) is 0 Å². The van der Waals surface area contributed by atoms with Crippen molar-refractivity contribution in [2.24, 2.45) is 5.92 Å². The van der Waals surface area contributed by atoms with Gasteiger partial charge in [0.1, 0.15) is 11.5 Å². The Morgan fingerprint density at radius 1 is 1.14 bits per heavy atom. The predicted octanol–water partition coefficient (Wildman–Crippen LogP) is 1.99. The number of rotatable bonds is 4. The third kappa shape index (κ3) is 4.02. The minimum absolute atomic E-state index is 0. The summed E-state index contributed by atoms with van der Waals surface area (Å²) in [6.07, 6.45) is 0.885. The van der Waals surface area contributed by atoms with Gasteiger partial charge in [-0.3, -0.25) is 4.79 Å². The van der Waals surface area contributed by atoms with Crippen LogP contribution in [-0.2, 0) is 9.53 Å². The van der Waals surface area contributed by atoms with Crippen LogP contribution in [-0.4, -0.2) is 40.4 Å². The minimum Gasteiger partial charge on any atom is -0.497 e. The molecular formula is C15H22ClNO4.